The van der Waals surface area contributed by atoms with Crippen molar-refractivity contribution in [3.63, 3.8) is 0 Å². The van der Waals surface area contributed by atoms with E-state index in [0.29, 0.717) is 5.69 Å². The largest absolute Gasteiger partial charge is 0.390 e. The van der Waals surface area contributed by atoms with Gasteiger partial charge in [0, 0.05) is 5.56 Å². The number of anilines is 1. The van der Waals surface area contributed by atoms with Gasteiger partial charge in [0.05, 0.1) is 28.6 Å². The van der Waals surface area contributed by atoms with Crippen molar-refractivity contribution >= 4 is 15.7 Å². The molecule has 2 aromatic carbocycles. The molecule has 0 aliphatic carbocycles. The number of nitrogens with one attached hydrogen (secondary N) is 1. The molecule has 0 aliphatic heterocycles. The summed E-state index contributed by atoms with van der Waals surface area (Å²) in [6.45, 7) is -0.368. The zero-order valence-corrected chi connectivity index (χ0v) is 13.6. The Labute approximate surface area is 140 Å². The minimum absolute atomic E-state index is 0.154. The summed E-state index contributed by atoms with van der Waals surface area (Å²) in [6, 6.07) is 20.9. The van der Waals surface area contributed by atoms with Gasteiger partial charge in [0.25, 0.3) is 10.0 Å². The monoisotopic (exact) mass is 340 g/mol. The van der Waals surface area contributed by atoms with E-state index in [4.69, 9.17) is 0 Å². The van der Waals surface area contributed by atoms with Gasteiger partial charge in [-0.1, -0.05) is 48.5 Å². The molecule has 0 aliphatic rings. The highest BCUT2D eigenvalue weighted by atomic mass is 32.2. The number of aliphatic hydroxyl groups excluding tert-OH is 1. The van der Waals surface area contributed by atoms with Crippen molar-refractivity contribution < 1.29 is 13.5 Å². The van der Waals surface area contributed by atoms with Gasteiger partial charge in [0.1, 0.15) is 0 Å². The van der Waals surface area contributed by atoms with Crippen LogP contribution >= 0.6 is 0 Å². The van der Waals surface area contributed by atoms with Crippen LogP contribution in [0.25, 0.3) is 11.3 Å². The number of aliphatic hydroxyl groups is 1. The number of benzene rings is 2. The molecule has 3 rings (SSSR count). The number of hydrogen-bond acceptors (Lipinski definition) is 4. The van der Waals surface area contributed by atoms with E-state index >= 15 is 0 Å². The molecule has 1 heterocycles. The molecule has 3 aromatic rings. The Balaban J connectivity index is 1.95. The lowest BCUT2D eigenvalue weighted by atomic mass is 10.1. The van der Waals surface area contributed by atoms with E-state index < -0.39 is 10.0 Å². The topological polar surface area (TPSA) is 79.3 Å². The zero-order chi connectivity index (χ0) is 17.0. The molecule has 0 amide bonds. The summed E-state index contributed by atoms with van der Waals surface area (Å²) in [5, 5.41) is 9.56. The molecule has 0 saturated carbocycles. The summed E-state index contributed by atoms with van der Waals surface area (Å²) in [7, 11) is -3.72. The standard InChI is InChI=1S/C18H16N2O3S/c21-13-18-17(20-24(22,23)15-9-5-2-6-10-15)12-11-16(19-18)14-7-3-1-4-8-14/h1-12,20-21H,13H2. The summed E-state index contributed by atoms with van der Waals surface area (Å²) in [6.07, 6.45) is 0. The van der Waals surface area contributed by atoms with Crippen LogP contribution in [0.4, 0.5) is 5.69 Å². The van der Waals surface area contributed by atoms with Crippen LogP contribution in [-0.4, -0.2) is 18.5 Å². The molecule has 0 bridgehead atoms. The van der Waals surface area contributed by atoms with Crippen molar-refractivity contribution in [2.45, 2.75) is 11.5 Å². The van der Waals surface area contributed by atoms with Crippen LogP contribution in [-0.2, 0) is 16.6 Å². The maximum atomic E-state index is 12.4. The second-order valence-electron chi connectivity index (χ2n) is 5.13. The maximum Gasteiger partial charge on any atom is 0.261 e. The Morgan fingerprint density at radius 3 is 2.12 bits per heavy atom. The second kappa shape index (κ2) is 6.82. The normalized spacial score (nSPS) is 11.2. The molecule has 0 atom stereocenters. The SMILES string of the molecule is O=S(=O)(Nc1ccc(-c2ccccc2)nc1CO)c1ccccc1. The van der Waals surface area contributed by atoms with E-state index in [9.17, 15) is 13.5 Å². The van der Waals surface area contributed by atoms with Gasteiger partial charge >= 0.3 is 0 Å². The fraction of sp³-hybridized carbons (Fsp3) is 0.0556. The van der Waals surface area contributed by atoms with E-state index in [1.807, 2.05) is 30.3 Å². The smallest absolute Gasteiger partial charge is 0.261 e. The minimum atomic E-state index is -3.72. The molecule has 5 nitrogen and oxygen atoms in total. The Morgan fingerprint density at radius 2 is 1.50 bits per heavy atom. The molecule has 2 N–H and O–H groups in total. The Morgan fingerprint density at radius 1 is 0.875 bits per heavy atom. The van der Waals surface area contributed by atoms with Crippen LogP contribution in [0.2, 0.25) is 0 Å². The average molecular weight is 340 g/mol. The van der Waals surface area contributed by atoms with Crippen LogP contribution in [0.15, 0.2) is 77.7 Å². The van der Waals surface area contributed by atoms with Crippen molar-refractivity contribution in [3.05, 3.63) is 78.5 Å². The summed E-state index contributed by atoms with van der Waals surface area (Å²) in [5.74, 6) is 0. The number of nitrogens with zero attached hydrogens (tertiary/aromatic N) is 1. The lowest BCUT2D eigenvalue weighted by Crippen LogP contribution is -2.15. The van der Waals surface area contributed by atoms with E-state index in [1.165, 1.54) is 12.1 Å². The molecule has 6 heteroatoms. The minimum Gasteiger partial charge on any atom is -0.390 e. The lowest BCUT2D eigenvalue weighted by Gasteiger charge is -2.12. The van der Waals surface area contributed by atoms with Crippen molar-refractivity contribution in [2.75, 3.05) is 4.72 Å². The Hall–Kier alpha value is -2.70. The highest BCUT2D eigenvalue weighted by Gasteiger charge is 2.16. The van der Waals surface area contributed by atoms with E-state index in [1.54, 1.807) is 30.3 Å². The number of pyridine rings is 1. The average Bonchev–Trinajstić information content (AvgIpc) is 2.63. The van der Waals surface area contributed by atoms with Gasteiger partial charge < -0.3 is 5.11 Å². The highest BCUT2D eigenvalue weighted by Crippen LogP contribution is 2.24. The van der Waals surface area contributed by atoms with Gasteiger partial charge in [-0.3, -0.25) is 4.72 Å². The first-order chi connectivity index (χ1) is 11.6. The second-order valence-corrected chi connectivity index (χ2v) is 6.82. The first-order valence-corrected chi connectivity index (χ1v) is 8.82. The number of sulfonamides is 1. The molecular weight excluding hydrogens is 324 g/mol. The maximum absolute atomic E-state index is 12.4. The highest BCUT2D eigenvalue weighted by molar-refractivity contribution is 7.92. The van der Waals surface area contributed by atoms with Crippen LogP contribution in [0.3, 0.4) is 0 Å². The van der Waals surface area contributed by atoms with Crippen LogP contribution in [0, 0.1) is 0 Å². The molecular formula is C18H16N2O3S. The zero-order valence-electron chi connectivity index (χ0n) is 12.8. The van der Waals surface area contributed by atoms with Gasteiger partial charge in [0.15, 0.2) is 0 Å². The fourth-order valence-corrected chi connectivity index (χ4v) is 3.40. The third-order valence-electron chi connectivity index (χ3n) is 3.49. The third kappa shape index (κ3) is 3.45. The van der Waals surface area contributed by atoms with Crippen molar-refractivity contribution in [1.82, 2.24) is 4.98 Å². The molecule has 1 aromatic heterocycles. The third-order valence-corrected chi connectivity index (χ3v) is 4.87. The van der Waals surface area contributed by atoms with Gasteiger partial charge in [-0.2, -0.15) is 0 Å². The number of rotatable bonds is 5. The quantitative estimate of drug-likeness (QED) is 0.748. The first-order valence-electron chi connectivity index (χ1n) is 7.34. The molecule has 24 heavy (non-hydrogen) atoms. The van der Waals surface area contributed by atoms with Gasteiger partial charge in [-0.15, -0.1) is 0 Å². The number of aromatic nitrogens is 1. The first kappa shape index (κ1) is 16.2. The Bertz CT molecular complexity index is 927. The van der Waals surface area contributed by atoms with Gasteiger partial charge in [0.2, 0.25) is 0 Å². The van der Waals surface area contributed by atoms with Crippen LogP contribution in [0.1, 0.15) is 5.69 Å². The summed E-state index contributed by atoms with van der Waals surface area (Å²) < 4.78 is 27.3. The van der Waals surface area contributed by atoms with Crippen LogP contribution < -0.4 is 4.72 Å². The Kier molecular flexibility index (Phi) is 4.59. The molecule has 0 spiro atoms. The predicted octanol–water partition coefficient (Wildman–Crippen LogP) is 3.04. The fourth-order valence-electron chi connectivity index (χ4n) is 2.29. The molecule has 0 saturated heterocycles. The molecule has 122 valence electrons. The van der Waals surface area contributed by atoms with Crippen molar-refractivity contribution in [3.8, 4) is 11.3 Å². The predicted molar refractivity (Wildman–Crippen MR) is 92.8 cm³/mol. The van der Waals surface area contributed by atoms with E-state index in [-0.39, 0.29) is 22.9 Å². The van der Waals surface area contributed by atoms with Crippen LogP contribution in [0.5, 0.6) is 0 Å². The molecule has 0 radical (unpaired) electrons. The summed E-state index contributed by atoms with van der Waals surface area (Å²) in [4.78, 5) is 4.52. The molecule has 0 fully saturated rings. The van der Waals surface area contributed by atoms with Crippen molar-refractivity contribution in [2.24, 2.45) is 0 Å². The van der Waals surface area contributed by atoms with Gasteiger partial charge in [-0.25, -0.2) is 13.4 Å². The molecule has 0 unspecified atom stereocenters. The summed E-state index contributed by atoms with van der Waals surface area (Å²) >= 11 is 0. The van der Waals surface area contributed by atoms with E-state index in [0.717, 1.165) is 5.56 Å². The lowest BCUT2D eigenvalue weighted by molar-refractivity contribution is 0.278. The van der Waals surface area contributed by atoms with Gasteiger partial charge in [-0.05, 0) is 24.3 Å². The van der Waals surface area contributed by atoms with E-state index in [2.05, 4.69) is 9.71 Å². The van der Waals surface area contributed by atoms with Crippen molar-refractivity contribution in [1.29, 1.82) is 0 Å². The number of hydrogen-bond donors (Lipinski definition) is 2. The summed E-state index contributed by atoms with van der Waals surface area (Å²) in [5.41, 5.74) is 2.10.